The summed E-state index contributed by atoms with van der Waals surface area (Å²) < 4.78 is 10.5. The van der Waals surface area contributed by atoms with Gasteiger partial charge in [0.15, 0.2) is 5.82 Å². The normalized spacial score (nSPS) is 22.0. The summed E-state index contributed by atoms with van der Waals surface area (Å²) in [6, 6.07) is -0.125. The number of rotatable bonds is 4. The van der Waals surface area contributed by atoms with E-state index in [0.29, 0.717) is 43.2 Å². The molecule has 1 atom stereocenters. The molecule has 0 aromatic carbocycles. The highest BCUT2D eigenvalue weighted by Gasteiger charge is 2.35. The van der Waals surface area contributed by atoms with Crippen LogP contribution < -0.4 is 20.7 Å². The first-order chi connectivity index (χ1) is 10.2. The molecule has 1 aliphatic heterocycles. The molecule has 3 N–H and O–H groups in total. The minimum Gasteiger partial charge on any atom is -0.479 e. The Kier molecular flexibility index (Phi) is 3.78. The van der Waals surface area contributed by atoms with Gasteiger partial charge in [-0.2, -0.15) is 4.98 Å². The van der Waals surface area contributed by atoms with E-state index in [1.165, 1.54) is 13.4 Å². The van der Waals surface area contributed by atoms with Crippen molar-refractivity contribution in [2.45, 2.75) is 24.9 Å². The molecule has 1 amide bonds. The van der Waals surface area contributed by atoms with Crippen molar-refractivity contribution in [3.05, 3.63) is 6.33 Å². The van der Waals surface area contributed by atoms with Crippen LogP contribution in [0.1, 0.15) is 12.8 Å². The van der Waals surface area contributed by atoms with Crippen molar-refractivity contribution in [1.29, 1.82) is 0 Å². The highest BCUT2D eigenvalue weighted by atomic mass is 16.5. The van der Waals surface area contributed by atoms with Crippen LogP contribution >= 0.6 is 0 Å². The monoisotopic (exact) mass is 293 g/mol. The fourth-order valence-electron chi connectivity index (χ4n) is 2.36. The molecule has 3 rings (SSSR count). The predicted octanol–water partition coefficient (Wildman–Crippen LogP) is -0.449. The smallest absolute Gasteiger partial charge is 0.245 e. The van der Waals surface area contributed by atoms with Crippen LogP contribution in [0.3, 0.4) is 0 Å². The summed E-state index contributed by atoms with van der Waals surface area (Å²) in [7, 11) is 1.50. The fourth-order valence-corrected chi connectivity index (χ4v) is 2.36. The number of nitrogens with one attached hydrogen (secondary N) is 1. The third kappa shape index (κ3) is 2.85. The van der Waals surface area contributed by atoms with Gasteiger partial charge >= 0.3 is 0 Å². The van der Waals surface area contributed by atoms with Gasteiger partial charge in [0.2, 0.25) is 11.8 Å². The molecular formula is C13H19N5O3. The molecule has 0 bridgehead atoms. The van der Waals surface area contributed by atoms with E-state index in [0.717, 1.165) is 12.8 Å². The second kappa shape index (κ2) is 5.72. The first-order valence-electron chi connectivity index (χ1n) is 7.00. The van der Waals surface area contributed by atoms with Crippen molar-refractivity contribution in [2.75, 3.05) is 37.5 Å². The average Bonchev–Trinajstić information content (AvgIpc) is 3.31. The van der Waals surface area contributed by atoms with Gasteiger partial charge in [0, 0.05) is 12.6 Å². The predicted molar refractivity (Wildman–Crippen MR) is 76.1 cm³/mol. The summed E-state index contributed by atoms with van der Waals surface area (Å²) in [5, 5.41) is 3.00. The number of anilines is 2. The van der Waals surface area contributed by atoms with Crippen molar-refractivity contribution in [2.24, 2.45) is 0 Å². The molecule has 0 radical (unpaired) electrons. The summed E-state index contributed by atoms with van der Waals surface area (Å²) in [6.07, 6.45) is 3.47. The molecule has 1 unspecified atom stereocenters. The number of carbonyl (C=O) groups excluding carboxylic acids is 1. The number of amides is 1. The van der Waals surface area contributed by atoms with Gasteiger partial charge in [-0.15, -0.1) is 0 Å². The number of carbonyl (C=O) groups is 1. The molecule has 2 aliphatic rings. The molecular weight excluding hydrogens is 274 g/mol. The van der Waals surface area contributed by atoms with Crippen LogP contribution in [0.15, 0.2) is 6.33 Å². The van der Waals surface area contributed by atoms with Crippen molar-refractivity contribution in [1.82, 2.24) is 15.3 Å². The molecule has 1 aromatic heterocycles. The van der Waals surface area contributed by atoms with Gasteiger partial charge < -0.3 is 25.4 Å². The third-order valence-electron chi connectivity index (χ3n) is 3.65. The molecule has 21 heavy (non-hydrogen) atoms. The third-order valence-corrected chi connectivity index (χ3v) is 3.65. The van der Waals surface area contributed by atoms with E-state index in [-0.39, 0.29) is 5.91 Å². The zero-order valence-electron chi connectivity index (χ0n) is 11.9. The van der Waals surface area contributed by atoms with Crippen molar-refractivity contribution in [3.63, 3.8) is 0 Å². The van der Waals surface area contributed by atoms with Gasteiger partial charge in [-0.05, 0) is 12.8 Å². The quantitative estimate of drug-likeness (QED) is 0.775. The van der Waals surface area contributed by atoms with Crippen LogP contribution in [0, 0.1) is 0 Å². The molecule has 1 saturated carbocycles. The summed E-state index contributed by atoms with van der Waals surface area (Å²) >= 11 is 0. The van der Waals surface area contributed by atoms with Crippen LogP contribution in [0.2, 0.25) is 0 Å². The molecule has 1 aromatic rings. The minimum atomic E-state index is -0.429. The second-order valence-electron chi connectivity index (χ2n) is 5.19. The lowest BCUT2D eigenvalue weighted by molar-refractivity contribution is -0.124. The number of hydrogen-bond acceptors (Lipinski definition) is 7. The van der Waals surface area contributed by atoms with Gasteiger partial charge in [0.25, 0.3) is 0 Å². The fraction of sp³-hybridized carbons (Fsp3) is 0.615. The maximum atomic E-state index is 12.3. The number of nitrogen functional groups attached to an aromatic ring is 1. The largest absolute Gasteiger partial charge is 0.479 e. The SMILES string of the molecule is COc1ncnc(N2CCOCC2C(=O)NC2CC2)c1N. The number of methoxy groups -OCH3 is 1. The van der Waals surface area contributed by atoms with Gasteiger partial charge in [-0.25, -0.2) is 4.98 Å². The molecule has 2 fully saturated rings. The van der Waals surface area contributed by atoms with E-state index >= 15 is 0 Å². The molecule has 2 heterocycles. The summed E-state index contributed by atoms with van der Waals surface area (Å²) in [5.41, 5.74) is 6.38. The Balaban J connectivity index is 1.84. The molecule has 1 saturated heterocycles. The molecule has 0 spiro atoms. The summed E-state index contributed by atoms with van der Waals surface area (Å²) in [6.45, 7) is 1.40. The summed E-state index contributed by atoms with van der Waals surface area (Å²) in [5.74, 6) is 0.781. The number of nitrogens with two attached hydrogens (primary N) is 1. The van der Waals surface area contributed by atoms with Gasteiger partial charge in [-0.3, -0.25) is 4.79 Å². The van der Waals surface area contributed by atoms with Crippen molar-refractivity contribution < 1.29 is 14.3 Å². The van der Waals surface area contributed by atoms with Gasteiger partial charge in [0.05, 0.1) is 20.3 Å². The zero-order valence-corrected chi connectivity index (χ0v) is 11.9. The molecule has 8 nitrogen and oxygen atoms in total. The van der Waals surface area contributed by atoms with Crippen LogP contribution in [0.4, 0.5) is 11.5 Å². The highest BCUT2D eigenvalue weighted by Crippen LogP contribution is 2.30. The van der Waals surface area contributed by atoms with Crippen LogP contribution in [0.5, 0.6) is 5.88 Å². The lowest BCUT2D eigenvalue weighted by Crippen LogP contribution is -2.54. The maximum absolute atomic E-state index is 12.3. The van der Waals surface area contributed by atoms with E-state index in [2.05, 4.69) is 15.3 Å². The Bertz CT molecular complexity index is 535. The Morgan fingerprint density at radius 2 is 2.33 bits per heavy atom. The molecule has 1 aliphatic carbocycles. The van der Waals surface area contributed by atoms with Gasteiger partial charge in [-0.1, -0.05) is 0 Å². The Labute approximate surface area is 122 Å². The van der Waals surface area contributed by atoms with E-state index in [1.54, 1.807) is 0 Å². The van der Waals surface area contributed by atoms with Crippen LogP contribution in [0.25, 0.3) is 0 Å². The van der Waals surface area contributed by atoms with Crippen LogP contribution in [-0.2, 0) is 9.53 Å². The number of ether oxygens (including phenoxy) is 2. The maximum Gasteiger partial charge on any atom is 0.245 e. The molecule has 8 heteroatoms. The summed E-state index contributed by atoms with van der Waals surface area (Å²) in [4.78, 5) is 22.4. The Morgan fingerprint density at radius 3 is 3.05 bits per heavy atom. The van der Waals surface area contributed by atoms with Crippen molar-refractivity contribution in [3.8, 4) is 5.88 Å². The van der Waals surface area contributed by atoms with Crippen molar-refractivity contribution >= 4 is 17.4 Å². The standard InChI is InChI=1S/C13H19N5O3/c1-20-13-10(14)11(15-7-16-13)18-4-5-21-6-9(18)12(19)17-8-2-3-8/h7-9H,2-6,14H2,1H3,(H,17,19). The number of morpholine rings is 1. The average molecular weight is 293 g/mol. The lowest BCUT2D eigenvalue weighted by atomic mass is 10.2. The first kappa shape index (κ1) is 13.9. The topological polar surface area (TPSA) is 103 Å². The Morgan fingerprint density at radius 1 is 1.52 bits per heavy atom. The van der Waals surface area contributed by atoms with E-state index in [1.807, 2.05) is 4.90 Å². The number of aromatic nitrogens is 2. The molecule has 114 valence electrons. The van der Waals surface area contributed by atoms with Crippen LogP contribution in [-0.4, -0.2) is 54.8 Å². The highest BCUT2D eigenvalue weighted by molar-refractivity contribution is 5.87. The number of nitrogens with zero attached hydrogens (tertiary/aromatic N) is 3. The first-order valence-corrected chi connectivity index (χ1v) is 7.00. The Hall–Kier alpha value is -2.09. The lowest BCUT2D eigenvalue weighted by Gasteiger charge is -2.35. The van der Waals surface area contributed by atoms with E-state index in [9.17, 15) is 4.79 Å². The van der Waals surface area contributed by atoms with E-state index in [4.69, 9.17) is 15.2 Å². The van der Waals surface area contributed by atoms with Gasteiger partial charge in [0.1, 0.15) is 18.1 Å². The minimum absolute atomic E-state index is 0.0471. The second-order valence-corrected chi connectivity index (χ2v) is 5.19. The zero-order chi connectivity index (χ0) is 14.8. The number of hydrogen-bond donors (Lipinski definition) is 2. The van der Waals surface area contributed by atoms with E-state index < -0.39 is 6.04 Å².